The van der Waals surface area contributed by atoms with Gasteiger partial charge >= 0.3 is 0 Å². The van der Waals surface area contributed by atoms with Gasteiger partial charge in [-0.15, -0.1) is 0 Å². The van der Waals surface area contributed by atoms with Gasteiger partial charge in [-0.2, -0.15) is 0 Å². The van der Waals surface area contributed by atoms with Crippen molar-refractivity contribution in [2.24, 2.45) is 0 Å². The summed E-state index contributed by atoms with van der Waals surface area (Å²) >= 11 is 5.99. The number of hydrogen-bond donors (Lipinski definition) is 0. The molecule has 0 radical (unpaired) electrons. The number of aromatic nitrogens is 2. The second-order valence-electron chi connectivity index (χ2n) is 5.53. The van der Waals surface area contributed by atoms with E-state index >= 15 is 0 Å². The first-order valence-corrected chi connectivity index (χ1v) is 8.33. The van der Waals surface area contributed by atoms with Gasteiger partial charge in [-0.05, 0) is 24.6 Å². The van der Waals surface area contributed by atoms with Crippen LogP contribution in [0.5, 0.6) is 0 Å². The molecule has 0 saturated carbocycles. The van der Waals surface area contributed by atoms with E-state index < -0.39 is 0 Å². The first-order valence-electron chi connectivity index (χ1n) is 7.95. The van der Waals surface area contributed by atoms with Crippen LogP contribution in [0.15, 0.2) is 60.7 Å². The van der Waals surface area contributed by atoms with Crippen LogP contribution in [-0.4, -0.2) is 9.97 Å². The number of unbranched alkanes of at least 4 members (excludes halogenated alkanes) is 1. The molecule has 0 aliphatic heterocycles. The van der Waals surface area contributed by atoms with Crippen molar-refractivity contribution in [1.82, 2.24) is 9.97 Å². The monoisotopic (exact) mass is 322 g/mol. The number of halogens is 1. The predicted octanol–water partition coefficient (Wildman–Crippen LogP) is 5.81. The maximum Gasteiger partial charge on any atom is 0.129 e. The molecule has 23 heavy (non-hydrogen) atoms. The zero-order valence-electron chi connectivity index (χ0n) is 13.2. The molecule has 0 atom stereocenters. The van der Waals surface area contributed by atoms with E-state index in [1.54, 1.807) is 0 Å². The third kappa shape index (κ3) is 3.96. The zero-order chi connectivity index (χ0) is 16.1. The minimum Gasteiger partial charge on any atom is -0.233 e. The van der Waals surface area contributed by atoms with E-state index in [-0.39, 0.29) is 0 Å². The summed E-state index contributed by atoms with van der Waals surface area (Å²) in [6, 6.07) is 20.1. The van der Waals surface area contributed by atoms with Gasteiger partial charge in [0.25, 0.3) is 0 Å². The Morgan fingerprint density at radius 3 is 2.04 bits per heavy atom. The molecule has 0 aliphatic rings. The molecule has 2 aromatic carbocycles. The SMILES string of the molecule is CCCCc1nc(-c2ccccc2)cc(-c2ccc(Cl)cc2)n1. The minimum atomic E-state index is 0.734. The molecule has 0 amide bonds. The highest BCUT2D eigenvalue weighted by molar-refractivity contribution is 6.30. The molecule has 0 aliphatic carbocycles. The number of hydrogen-bond acceptors (Lipinski definition) is 2. The van der Waals surface area contributed by atoms with Gasteiger partial charge in [-0.25, -0.2) is 9.97 Å². The molecule has 0 unspecified atom stereocenters. The van der Waals surface area contributed by atoms with Crippen molar-refractivity contribution in [3.63, 3.8) is 0 Å². The highest BCUT2D eigenvalue weighted by Crippen LogP contribution is 2.25. The summed E-state index contributed by atoms with van der Waals surface area (Å²) in [5.74, 6) is 0.901. The molecule has 3 heteroatoms. The van der Waals surface area contributed by atoms with Crippen LogP contribution < -0.4 is 0 Å². The molecule has 0 N–H and O–H groups in total. The topological polar surface area (TPSA) is 25.8 Å². The number of benzene rings is 2. The third-order valence-electron chi connectivity index (χ3n) is 3.74. The summed E-state index contributed by atoms with van der Waals surface area (Å²) in [5.41, 5.74) is 4.09. The average molecular weight is 323 g/mol. The summed E-state index contributed by atoms with van der Waals surface area (Å²) in [6.45, 7) is 2.18. The van der Waals surface area contributed by atoms with Crippen molar-refractivity contribution in [2.45, 2.75) is 26.2 Å². The van der Waals surface area contributed by atoms with E-state index in [9.17, 15) is 0 Å². The third-order valence-corrected chi connectivity index (χ3v) is 3.99. The van der Waals surface area contributed by atoms with Gasteiger partial charge in [-0.3, -0.25) is 0 Å². The second kappa shape index (κ2) is 7.38. The molecule has 0 spiro atoms. The molecule has 1 aromatic heterocycles. The van der Waals surface area contributed by atoms with E-state index in [2.05, 4.69) is 19.1 Å². The zero-order valence-corrected chi connectivity index (χ0v) is 13.9. The van der Waals surface area contributed by atoms with E-state index in [1.165, 1.54) is 0 Å². The van der Waals surface area contributed by atoms with Crippen LogP contribution in [0.1, 0.15) is 25.6 Å². The number of aryl methyl sites for hydroxylation is 1. The second-order valence-corrected chi connectivity index (χ2v) is 5.97. The van der Waals surface area contributed by atoms with Gasteiger partial charge in [0.05, 0.1) is 11.4 Å². The van der Waals surface area contributed by atoms with Crippen LogP contribution in [0, 0.1) is 0 Å². The quantitative estimate of drug-likeness (QED) is 0.592. The van der Waals surface area contributed by atoms with Gasteiger partial charge in [-0.1, -0.05) is 67.4 Å². The first kappa shape index (κ1) is 15.7. The maximum absolute atomic E-state index is 5.99. The van der Waals surface area contributed by atoms with E-state index in [4.69, 9.17) is 21.6 Å². The lowest BCUT2D eigenvalue weighted by Gasteiger charge is -2.09. The predicted molar refractivity (Wildman–Crippen MR) is 96.5 cm³/mol. The van der Waals surface area contributed by atoms with Crippen LogP contribution in [0.2, 0.25) is 5.02 Å². The Hall–Kier alpha value is -2.19. The Balaban J connectivity index is 2.06. The van der Waals surface area contributed by atoms with Crippen molar-refractivity contribution in [3.05, 3.63) is 71.5 Å². The summed E-state index contributed by atoms with van der Waals surface area (Å²) in [6.07, 6.45) is 3.13. The smallest absolute Gasteiger partial charge is 0.129 e. The molecule has 3 aromatic rings. The molecule has 0 bridgehead atoms. The summed E-state index contributed by atoms with van der Waals surface area (Å²) < 4.78 is 0. The van der Waals surface area contributed by atoms with Crippen molar-refractivity contribution < 1.29 is 0 Å². The molecule has 1 heterocycles. The van der Waals surface area contributed by atoms with Crippen LogP contribution >= 0.6 is 11.6 Å². The lowest BCUT2D eigenvalue weighted by molar-refractivity contribution is 0.754. The Bertz CT molecular complexity index is 767. The average Bonchev–Trinajstić information content (AvgIpc) is 2.61. The molecule has 116 valence electrons. The lowest BCUT2D eigenvalue weighted by Crippen LogP contribution is -1.99. The van der Waals surface area contributed by atoms with E-state index in [0.717, 1.165) is 52.6 Å². The van der Waals surface area contributed by atoms with E-state index in [1.807, 2.05) is 48.5 Å². The van der Waals surface area contributed by atoms with Crippen LogP contribution in [-0.2, 0) is 6.42 Å². The fraction of sp³-hybridized carbons (Fsp3) is 0.200. The van der Waals surface area contributed by atoms with Gasteiger partial charge in [0.1, 0.15) is 5.82 Å². The van der Waals surface area contributed by atoms with Crippen LogP contribution in [0.4, 0.5) is 0 Å². The standard InChI is InChI=1S/C20H19ClN2/c1-2-3-9-20-22-18(15-7-5-4-6-8-15)14-19(23-20)16-10-12-17(21)13-11-16/h4-8,10-14H,2-3,9H2,1H3. The van der Waals surface area contributed by atoms with Crippen molar-refractivity contribution in [3.8, 4) is 22.5 Å². The summed E-state index contributed by atoms with van der Waals surface area (Å²) in [4.78, 5) is 9.49. The Morgan fingerprint density at radius 2 is 1.43 bits per heavy atom. The minimum absolute atomic E-state index is 0.734. The molecular formula is C20H19ClN2. The Kier molecular flexibility index (Phi) is 5.04. The van der Waals surface area contributed by atoms with E-state index in [0.29, 0.717) is 0 Å². The lowest BCUT2D eigenvalue weighted by atomic mass is 10.1. The van der Waals surface area contributed by atoms with Gasteiger partial charge in [0, 0.05) is 22.6 Å². The van der Waals surface area contributed by atoms with Gasteiger partial charge in [0.2, 0.25) is 0 Å². The Morgan fingerprint density at radius 1 is 0.826 bits per heavy atom. The fourth-order valence-electron chi connectivity index (χ4n) is 2.47. The molecule has 3 rings (SSSR count). The Labute approximate surface area is 142 Å². The van der Waals surface area contributed by atoms with Crippen LogP contribution in [0.3, 0.4) is 0 Å². The normalized spacial score (nSPS) is 10.7. The number of nitrogens with zero attached hydrogens (tertiary/aromatic N) is 2. The van der Waals surface area contributed by atoms with Crippen LogP contribution in [0.25, 0.3) is 22.5 Å². The van der Waals surface area contributed by atoms with Crippen molar-refractivity contribution >= 4 is 11.6 Å². The maximum atomic E-state index is 5.99. The van der Waals surface area contributed by atoms with Crippen molar-refractivity contribution in [2.75, 3.05) is 0 Å². The van der Waals surface area contributed by atoms with Gasteiger partial charge < -0.3 is 0 Å². The largest absolute Gasteiger partial charge is 0.233 e. The highest BCUT2D eigenvalue weighted by Gasteiger charge is 2.08. The van der Waals surface area contributed by atoms with Crippen molar-refractivity contribution in [1.29, 1.82) is 0 Å². The molecule has 0 saturated heterocycles. The molecule has 0 fully saturated rings. The fourth-order valence-corrected chi connectivity index (χ4v) is 2.60. The number of rotatable bonds is 5. The summed E-state index contributed by atoms with van der Waals surface area (Å²) in [5, 5.41) is 0.734. The highest BCUT2D eigenvalue weighted by atomic mass is 35.5. The summed E-state index contributed by atoms with van der Waals surface area (Å²) in [7, 11) is 0. The molecule has 2 nitrogen and oxygen atoms in total. The molecular weight excluding hydrogens is 304 g/mol. The van der Waals surface area contributed by atoms with Gasteiger partial charge in [0.15, 0.2) is 0 Å². The first-order chi connectivity index (χ1) is 11.3.